The van der Waals surface area contributed by atoms with Gasteiger partial charge in [-0.1, -0.05) is 12.1 Å². The van der Waals surface area contributed by atoms with Gasteiger partial charge in [0.2, 0.25) is 0 Å². The summed E-state index contributed by atoms with van der Waals surface area (Å²) in [6.45, 7) is 1.08. The summed E-state index contributed by atoms with van der Waals surface area (Å²) in [7, 11) is 1.39. The highest BCUT2D eigenvalue weighted by Crippen LogP contribution is 2.34. The van der Waals surface area contributed by atoms with Crippen LogP contribution in [-0.4, -0.2) is 73.1 Å². The molecule has 0 spiro atoms. The van der Waals surface area contributed by atoms with Crippen LogP contribution >= 0.6 is 0 Å². The van der Waals surface area contributed by atoms with Crippen LogP contribution in [0.5, 0.6) is 0 Å². The fourth-order valence-electron chi connectivity index (χ4n) is 3.38. The van der Waals surface area contributed by atoms with E-state index in [4.69, 9.17) is 0 Å². The van der Waals surface area contributed by atoms with Crippen LogP contribution in [0.1, 0.15) is 36.4 Å². The van der Waals surface area contributed by atoms with Crippen molar-refractivity contribution in [3.63, 3.8) is 0 Å². The van der Waals surface area contributed by atoms with Gasteiger partial charge in [0.05, 0.1) is 18.0 Å². The molecule has 1 aromatic rings. The molecule has 3 amide bonds. The number of benzene rings is 1. The van der Waals surface area contributed by atoms with Crippen molar-refractivity contribution in [3.05, 3.63) is 35.4 Å². The van der Waals surface area contributed by atoms with Crippen LogP contribution in [0.15, 0.2) is 24.3 Å². The molecule has 12 heteroatoms. The number of nitrogens with zero attached hydrogens (tertiary/aromatic N) is 2. The number of methoxy groups -OCH3 is 1. The average Bonchev–Trinajstić information content (AvgIpc) is 3.09. The van der Waals surface area contributed by atoms with E-state index in [0.717, 1.165) is 12.1 Å². The Bertz CT molecular complexity index is 805. The molecule has 0 bridgehead atoms. The van der Waals surface area contributed by atoms with Gasteiger partial charge in [-0.3, -0.25) is 4.79 Å². The Morgan fingerprint density at radius 3 is 2.66 bits per heavy atom. The van der Waals surface area contributed by atoms with E-state index < -0.39 is 42.3 Å². The molecular weight excluding hydrogens is 435 g/mol. The van der Waals surface area contributed by atoms with Crippen LogP contribution < -0.4 is 5.32 Å². The van der Waals surface area contributed by atoms with Gasteiger partial charge in [-0.25, -0.2) is 9.59 Å². The smallest absolute Gasteiger partial charge is 0.416 e. The van der Waals surface area contributed by atoms with Crippen molar-refractivity contribution in [1.82, 2.24) is 15.1 Å². The second-order valence-electron chi connectivity index (χ2n) is 7.17. The van der Waals surface area contributed by atoms with Gasteiger partial charge in [0.25, 0.3) is 0 Å². The number of urea groups is 1. The zero-order valence-electron chi connectivity index (χ0n) is 17.6. The first-order chi connectivity index (χ1) is 15.1. The Morgan fingerprint density at radius 1 is 1.25 bits per heavy atom. The average molecular weight is 461 g/mol. The molecule has 1 atom stereocenters. The molecule has 32 heavy (non-hydrogen) atoms. The van der Waals surface area contributed by atoms with Gasteiger partial charge in [0.1, 0.15) is 0 Å². The lowest BCUT2D eigenvalue weighted by Crippen LogP contribution is -2.36. The lowest BCUT2D eigenvalue weighted by atomic mass is 10.00. The summed E-state index contributed by atoms with van der Waals surface area (Å²) in [6.07, 6.45) is -4.56. The zero-order valence-corrected chi connectivity index (χ0v) is 17.6. The number of ether oxygens (including phenoxy) is 2. The van der Waals surface area contributed by atoms with E-state index in [1.165, 1.54) is 29.0 Å². The summed E-state index contributed by atoms with van der Waals surface area (Å²) < 4.78 is 48.5. The maximum Gasteiger partial charge on any atom is 0.416 e. The number of hydrogen-bond acceptors (Lipinski definition) is 5. The minimum Gasteiger partial charge on any atom is -0.481 e. The maximum absolute atomic E-state index is 13.1. The fourth-order valence-corrected chi connectivity index (χ4v) is 3.38. The van der Waals surface area contributed by atoms with E-state index >= 15 is 0 Å². The first-order valence-electron chi connectivity index (χ1n) is 9.97. The van der Waals surface area contributed by atoms with Crippen molar-refractivity contribution in [3.8, 4) is 0 Å². The highest BCUT2D eigenvalue weighted by atomic mass is 19.4. The second kappa shape index (κ2) is 11.6. The number of halogens is 3. The molecule has 0 unspecified atom stereocenters. The fraction of sp³-hybridized carbons (Fsp3) is 0.550. The van der Waals surface area contributed by atoms with E-state index in [2.05, 4.69) is 14.8 Å². The Kier molecular flexibility index (Phi) is 9.12. The largest absolute Gasteiger partial charge is 0.481 e. The molecule has 1 saturated heterocycles. The lowest BCUT2D eigenvalue weighted by Gasteiger charge is -2.28. The van der Waals surface area contributed by atoms with Crippen molar-refractivity contribution in [2.45, 2.75) is 31.5 Å². The van der Waals surface area contributed by atoms with Crippen LogP contribution in [-0.2, 0) is 20.4 Å². The number of carboxylic acids is 1. The number of alkyl halides is 3. The summed E-state index contributed by atoms with van der Waals surface area (Å²) >= 11 is 0. The third kappa shape index (κ3) is 7.29. The molecule has 1 aromatic carbocycles. The number of hydrogen-bond donors (Lipinski definition) is 2. The van der Waals surface area contributed by atoms with Crippen LogP contribution in [0.2, 0.25) is 0 Å². The van der Waals surface area contributed by atoms with Crippen LogP contribution in [0.3, 0.4) is 0 Å². The van der Waals surface area contributed by atoms with E-state index in [-0.39, 0.29) is 18.9 Å². The lowest BCUT2D eigenvalue weighted by molar-refractivity contribution is -0.138. The third-order valence-corrected chi connectivity index (χ3v) is 4.90. The normalized spacial score (nSPS) is 15.1. The summed E-state index contributed by atoms with van der Waals surface area (Å²) in [5, 5.41) is 11.8. The van der Waals surface area contributed by atoms with Gasteiger partial charge in [-0.05, 0) is 30.5 Å². The quantitative estimate of drug-likeness (QED) is 0.387. The number of rotatable bonds is 11. The Hall–Kier alpha value is -3.02. The second-order valence-corrected chi connectivity index (χ2v) is 7.17. The first-order valence-corrected chi connectivity index (χ1v) is 9.97. The molecule has 1 heterocycles. The molecule has 1 fully saturated rings. The summed E-state index contributed by atoms with van der Waals surface area (Å²) in [4.78, 5) is 38.3. The Balaban J connectivity index is 1.95. The third-order valence-electron chi connectivity index (χ3n) is 4.90. The molecule has 9 nitrogen and oxygen atoms in total. The molecule has 0 saturated carbocycles. The minimum absolute atomic E-state index is 0.121. The predicted molar refractivity (Wildman–Crippen MR) is 106 cm³/mol. The van der Waals surface area contributed by atoms with Crippen molar-refractivity contribution in [1.29, 1.82) is 0 Å². The minimum atomic E-state index is -4.57. The number of carbonyl (C=O) groups is 3. The zero-order chi connectivity index (χ0) is 23.7. The molecular formula is C20H26F3N3O6. The van der Waals surface area contributed by atoms with Crippen molar-refractivity contribution >= 4 is 18.1 Å². The van der Waals surface area contributed by atoms with E-state index in [1.807, 2.05) is 0 Å². The number of aliphatic carboxylic acids is 1. The molecule has 178 valence electrons. The molecule has 2 rings (SSSR count). The van der Waals surface area contributed by atoms with Gasteiger partial charge in [0, 0.05) is 33.3 Å². The number of carboxylic acid groups (broad SMARTS) is 1. The maximum atomic E-state index is 13.1. The van der Waals surface area contributed by atoms with Crippen molar-refractivity contribution in [2.75, 3.05) is 40.1 Å². The monoisotopic (exact) mass is 461 g/mol. The van der Waals surface area contributed by atoms with Crippen LogP contribution in [0.25, 0.3) is 0 Å². The van der Waals surface area contributed by atoms with E-state index in [0.29, 0.717) is 32.5 Å². The number of amides is 3. The number of carbonyl (C=O) groups excluding carboxylic acids is 2. The SMILES string of the molecule is COCOC(=O)NCCCCN1CCN([C@@H](CC(=O)O)c2cccc(C(F)(F)F)c2)C1=O. The molecule has 1 aliphatic heterocycles. The molecule has 2 N–H and O–H groups in total. The Morgan fingerprint density at radius 2 is 2.00 bits per heavy atom. The van der Waals surface area contributed by atoms with Crippen LogP contribution in [0.4, 0.5) is 22.8 Å². The number of unbranched alkanes of at least 4 members (excludes halogenated alkanes) is 1. The van der Waals surface area contributed by atoms with Gasteiger partial charge >= 0.3 is 24.3 Å². The topological polar surface area (TPSA) is 108 Å². The Labute approximate surface area is 183 Å². The number of nitrogens with one attached hydrogen (secondary N) is 1. The first kappa shape index (κ1) is 25.2. The van der Waals surface area contributed by atoms with E-state index in [1.54, 1.807) is 0 Å². The highest BCUT2D eigenvalue weighted by Gasteiger charge is 2.37. The van der Waals surface area contributed by atoms with Gasteiger partial charge in [-0.15, -0.1) is 0 Å². The molecule has 0 radical (unpaired) electrons. The van der Waals surface area contributed by atoms with E-state index in [9.17, 15) is 32.7 Å². The van der Waals surface area contributed by atoms with Crippen molar-refractivity contribution in [2.24, 2.45) is 0 Å². The number of alkyl carbamates (subject to hydrolysis) is 1. The van der Waals surface area contributed by atoms with Crippen LogP contribution in [0, 0.1) is 0 Å². The molecule has 1 aliphatic rings. The standard InChI is InChI=1S/C20H26F3N3O6/c1-31-13-32-18(29)24-7-2-3-8-25-9-10-26(19(25)30)16(12-17(27)28)14-5-4-6-15(11-14)20(21,22)23/h4-6,11,16H,2-3,7-10,12-13H2,1H3,(H,24,29)(H,27,28)/t16-/m0/s1. The summed E-state index contributed by atoms with van der Waals surface area (Å²) in [5.41, 5.74) is -0.776. The van der Waals surface area contributed by atoms with Gasteiger partial charge < -0.3 is 29.7 Å². The molecule has 0 aliphatic carbocycles. The summed E-state index contributed by atoms with van der Waals surface area (Å²) in [6, 6.07) is 2.95. The predicted octanol–water partition coefficient (Wildman–Crippen LogP) is 3.07. The van der Waals surface area contributed by atoms with Gasteiger partial charge in [0.15, 0.2) is 6.79 Å². The summed E-state index contributed by atoms with van der Waals surface area (Å²) in [5.74, 6) is -1.22. The molecule has 0 aromatic heterocycles. The van der Waals surface area contributed by atoms with Crippen molar-refractivity contribution < 1.29 is 42.1 Å². The van der Waals surface area contributed by atoms with Gasteiger partial charge in [-0.2, -0.15) is 13.2 Å². The highest BCUT2D eigenvalue weighted by molar-refractivity contribution is 5.78.